The van der Waals surface area contributed by atoms with Crippen molar-refractivity contribution in [3.05, 3.63) is 57.7 Å². The summed E-state index contributed by atoms with van der Waals surface area (Å²) in [5.41, 5.74) is 1.53. The minimum atomic E-state index is -0.454. The molecular weight excluding hydrogens is 266 g/mol. The van der Waals surface area contributed by atoms with Crippen molar-refractivity contribution in [2.45, 2.75) is 6.92 Å². The van der Waals surface area contributed by atoms with Gasteiger partial charge in [-0.3, -0.25) is 4.79 Å². The van der Waals surface area contributed by atoms with Gasteiger partial charge in [0.15, 0.2) is 5.15 Å². The molecule has 1 heterocycles. The minimum Gasteiger partial charge on any atom is -0.319 e. The molecule has 2 rings (SSSR count). The van der Waals surface area contributed by atoms with Gasteiger partial charge in [-0.15, -0.1) is 4.91 Å². The van der Waals surface area contributed by atoms with Gasteiger partial charge in [0.25, 0.3) is 5.91 Å². The van der Waals surface area contributed by atoms with Gasteiger partial charge in [-0.1, -0.05) is 23.7 Å². The number of anilines is 1. The van der Waals surface area contributed by atoms with Crippen LogP contribution in [-0.2, 0) is 0 Å². The Balaban J connectivity index is 2.30. The SMILES string of the molecule is Cc1cnc(Cl)c(NC(=O)c2ccccc2N=O)c1. The number of carbonyl (C=O) groups is 1. The smallest absolute Gasteiger partial charge is 0.258 e. The number of aromatic nitrogens is 1. The zero-order valence-corrected chi connectivity index (χ0v) is 10.8. The lowest BCUT2D eigenvalue weighted by Crippen LogP contribution is -2.12. The molecule has 0 atom stereocenters. The average Bonchev–Trinajstić information content (AvgIpc) is 2.42. The molecule has 0 unspecified atom stereocenters. The average molecular weight is 276 g/mol. The summed E-state index contributed by atoms with van der Waals surface area (Å²) in [6.07, 6.45) is 1.60. The number of benzene rings is 1. The molecule has 0 aliphatic rings. The number of amides is 1. The van der Waals surface area contributed by atoms with Crippen LogP contribution in [0.1, 0.15) is 15.9 Å². The molecule has 6 heteroatoms. The number of carbonyl (C=O) groups excluding carboxylic acids is 1. The molecule has 1 aromatic heterocycles. The first-order chi connectivity index (χ1) is 9.11. The Kier molecular flexibility index (Phi) is 3.87. The molecule has 1 N–H and O–H groups in total. The quantitative estimate of drug-likeness (QED) is 0.686. The van der Waals surface area contributed by atoms with Gasteiger partial charge in [-0.05, 0) is 35.9 Å². The minimum absolute atomic E-state index is 0.0803. The van der Waals surface area contributed by atoms with Gasteiger partial charge in [0.1, 0.15) is 5.69 Å². The van der Waals surface area contributed by atoms with Crippen molar-refractivity contribution in [2.24, 2.45) is 5.18 Å². The van der Waals surface area contributed by atoms with E-state index >= 15 is 0 Å². The number of nitrogens with zero attached hydrogens (tertiary/aromatic N) is 2. The standard InChI is InChI=1S/C13H10ClN3O2/c1-8-6-11(12(14)15-7-8)16-13(18)9-4-2-3-5-10(9)17-19/h2-7H,1H3,(H,16,18). The van der Waals surface area contributed by atoms with E-state index in [1.807, 2.05) is 6.92 Å². The third kappa shape index (κ3) is 2.95. The number of aryl methyl sites for hydroxylation is 1. The summed E-state index contributed by atoms with van der Waals surface area (Å²) in [6.45, 7) is 1.83. The lowest BCUT2D eigenvalue weighted by atomic mass is 10.1. The highest BCUT2D eigenvalue weighted by Gasteiger charge is 2.13. The van der Waals surface area contributed by atoms with E-state index in [9.17, 15) is 9.70 Å². The van der Waals surface area contributed by atoms with Crippen LogP contribution in [0.15, 0.2) is 41.7 Å². The molecule has 0 spiro atoms. The molecule has 19 heavy (non-hydrogen) atoms. The maximum Gasteiger partial charge on any atom is 0.258 e. The van der Waals surface area contributed by atoms with Crippen LogP contribution in [0.4, 0.5) is 11.4 Å². The van der Waals surface area contributed by atoms with Crippen molar-refractivity contribution in [2.75, 3.05) is 5.32 Å². The summed E-state index contributed by atoms with van der Waals surface area (Å²) < 4.78 is 0. The summed E-state index contributed by atoms with van der Waals surface area (Å²) in [6, 6.07) is 7.97. The van der Waals surface area contributed by atoms with E-state index in [0.717, 1.165) is 5.56 Å². The van der Waals surface area contributed by atoms with Gasteiger partial charge >= 0.3 is 0 Å². The van der Waals surface area contributed by atoms with Gasteiger partial charge in [0.2, 0.25) is 0 Å². The third-order valence-corrected chi connectivity index (χ3v) is 2.77. The molecule has 0 saturated heterocycles. The van der Waals surface area contributed by atoms with Gasteiger partial charge in [-0.25, -0.2) is 4.98 Å². The summed E-state index contributed by atoms with van der Waals surface area (Å²) in [5.74, 6) is -0.454. The molecule has 5 nitrogen and oxygen atoms in total. The molecule has 1 aromatic carbocycles. The van der Waals surface area contributed by atoms with Gasteiger partial charge in [-0.2, -0.15) is 0 Å². The summed E-state index contributed by atoms with van der Waals surface area (Å²) >= 11 is 5.89. The summed E-state index contributed by atoms with van der Waals surface area (Å²) in [7, 11) is 0. The van der Waals surface area contributed by atoms with E-state index < -0.39 is 5.91 Å². The van der Waals surface area contributed by atoms with Crippen LogP contribution in [0, 0.1) is 11.8 Å². The second-order valence-electron chi connectivity index (χ2n) is 3.91. The fourth-order valence-corrected chi connectivity index (χ4v) is 1.73. The van der Waals surface area contributed by atoms with Crippen molar-refractivity contribution in [1.82, 2.24) is 4.98 Å². The molecule has 0 radical (unpaired) electrons. The van der Waals surface area contributed by atoms with Crippen molar-refractivity contribution in [3.63, 3.8) is 0 Å². The molecule has 96 valence electrons. The normalized spacial score (nSPS) is 10.0. The fraction of sp³-hybridized carbons (Fsp3) is 0.0769. The van der Waals surface area contributed by atoms with Crippen LogP contribution in [-0.4, -0.2) is 10.9 Å². The van der Waals surface area contributed by atoms with Crippen LogP contribution >= 0.6 is 11.6 Å². The van der Waals surface area contributed by atoms with Crippen molar-refractivity contribution in [1.29, 1.82) is 0 Å². The van der Waals surface area contributed by atoms with E-state index in [2.05, 4.69) is 15.5 Å². The molecule has 0 aliphatic carbocycles. The lowest BCUT2D eigenvalue weighted by Gasteiger charge is -2.08. The monoisotopic (exact) mass is 275 g/mol. The van der Waals surface area contributed by atoms with Crippen molar-refractivity contribution in [3.8, 4) is 0 Å². The van der Waals surface area contributed by atoms with Gasteiger partial charge in [0.05, 0.1) is 11.3 Å². The molecule has 2 aromatic rings. The topological polar surface area (TPSA) is 71.4 Å². The first kappa shape index (κ1) is 13.2. The number of halogens is 1. The number of pyridine rings is 1. The van der Waals surface area contributed by atoms with E-state index in [0.29, 0.717) is 5.69 Å². The zero-order valence-electron chi connectivity index (χ0n) is 10.1. The van der Waals surface area contributed by atoms with Crippen molar-refractivity contribution >= 4 is 28.9 Å². The molecule has 0 bridgehead atoms. The van der Waals surface area contributed by atoms with Gasteiger partial charge < -0.3 is 5.32 Å². The highest BCUT2D eigenvalue weighted by atomic mass is 35.5. The first-order valence-corrected chi connectivity index (χ1v) is 5.85. The second kappa shape index (κ2) is 5.58. The molecular formula is C13H10ClN3O2. The number of rotatable bonds is 3. The van der Waals surface area contributed by atoms with E-state index in [1.54, 1.807) is 24.4 Å². The molecule has 0 fully saturated rings. The number of nitroso groups, excluding NO2 is 1. The highest BCUT2D eigenvalue weighted by molar-refractivity contribution is 6.32. The second-order valence-corrected chi connectivity index (χ2v) is 4.27. The Hall–Kier alpha value is -2.27. The van der Waals surface area contributed by atoms with Crippen LogP contribution in [0.25, 0.3) is 0 Å². The largest absolute Gasteiger partial charge is 0.319 e. The van der Waals surface area contributed by atoms with Crippen molar-refractivity contribution < 1.29 is 4.79 Å². The zero-order chi connectivity index (χ0) is 13.8. The lowest BCUT2D eigenvalue weighted by molar-refractivity contribution is 0.102. The number of hydrogen-bond donors (Lipinski definition) is 1. The Bertz CT molecular complexity index is 644. The third-order valence-electron chi connectivity index (χ3n) is 2.47. The summed E-state index contributed by atoms with van der Waals surface area (Å²) in [4.78, 5) is 26.6. The van der Waals surface area contributed by atoms with E-state index in [-0.39, 0.29) is 16.4 Å². The maximum absolute atomic E-state index is 12.1. The molecule has 1 amide bonds. The van der Waals surface area contributed by atoms with E-state index in [4.69, 9.17) is 11.6 Å². The fourth-order valence-electron chi connectivity index (χ4n) is 1.58. The first-order valence-electron chi connectivity index (χ1n) is 5.47. The molecule has 0 saturated carbocycles. The molecule has 0 aliphatic heterocycles. The number of hydrogen-bond acceptors (Lipinski definition) is 4. The predicted molar refractivity (Wildman–Crippen MR) is 73.8 cm³/mol. The van der Waals surface area contributed by atoms with Crippen LogP contribution in [0.5, 0.6) is 0 Å². The van der Waals surface area contributed by atoms with Crippen LogP contribution in [0.2, 0.25) is 5.15 Å². The summed E-state index contributed by atoms with van der Waals surface area (Å²) in [5, 5.41) is 5.61. The van der Waals surface area contributed by atoms with Crippen LogP contribution < -0.4 is 5.32 Å². The predicted octanol–water partition coefficient (Wildman–Crippen LogP) is 3.69. The highest BCUT2D eigenvalue weighted by Crippen LogP contribution is 2.23. The van der Waals surface area contributed by atoms with Gasteiger partial charge in [0, 0.05) is 6.20 Å². The Morgan fingerprint density at radius 1 is 1.37 bits per heavy atom. The Labute approximate surface area is 114 Å². The Morgan fingerprint density at radius 3 is 2.84 bits per heavy atom. The Morgan fingerprint density at radius 2 is 2.11 bits per heavy atom. The van der Waals surface area contributed by atoms with E-state index in [1.165, 1.54) is 12.1 Å². The number of nitrogens with one attached hydrogen (secondary N) is 1. The van der Waals surface area contributed by atoms with Crippen LogP contribution in [0.3, 0.4) is 0 Å². The maximum atomic E-state index is 12.1.